The number of pyridine rings is 1. The summed E-state index contributed by atoms with van der Waals surface area (Å²) in [5, 5.41) is 12.8. The first-order valence-electron chi connectivity index (χ1n) is 12.3. The number of methoxy groups -OCH3 is 1. The van der Waals surface area contributed by atoms with Crippen LogP contribution < -0.4 is 10.1 Å². The minimum absolute atomic E-state index is 0.0453. The Morgan fingerprint density at radius 3 is 2.71 bits per heavy atom. The van der Waals surface area contributed by atoms with Gasteiger partial charge in [0.05, 0.1) is 32.5 Å². The molecular weight excluding hydrogens is 440 g/mol. The fourth-order valence-electron chi connectivity index (χ4n) is 4.57. The van der Waals surface area contributed by atoms with Crippen LogP contribution >= 0.6 is 0 Å². The van der Waals surface area contributed by atoms with Crippen LogP contribution in [0.4, 0.5) is 0 Å². The van der Waals surface area contributed by atoms with Gasteiger partial charge < -0.3 is 29.4 Å². The number of rotatable bonds is 8. The summed E-state index contributed by atoms with van der Waals surface area (Å²) >= 11 is 0. The summed E-state index contributed by atoms with van der Waals surface area (Å²) in [5.41, 5.74) is -0.239. The Labute approximate surface area is 201 Å². The number of carbonyl (C=O) groups is 2. The predicted molar refractivity (Wildman–Crippen MR) is 125 cm³/mol. The van der Waals surface area contributed by atoms with Crippen molar-refractivity contribution in [3.63, 3.8) is 0 Å². The maximum Gasteiger partial charge on any atom is 0.331 e. The molecule has 2 aliphatic rings. The largest absolute Gasteiger partial charge is 0.503 e. The number of ether oxygens (including phenoxy) is 4. The molecule has 0 spiro atoms. The van der Waals surface area contributed by atoms with E-state index in [9.17, 15) is 14.7 Å². The zero-order valence-corrected chi connectivity index (χ0v) is 20.6. The van der Waals surface area contributed by atoms with Crippen molar-refractivity contribution in [1.29, 1.82) is 0 Å². The Morgan fingerprint density at radius 1 is 1.29 bits per heavy atom. The molecule has 9 nitrogen and oxygen atoms in total. The number of hydrogen-bond acceptors (Lipinski definition) is 8. The number of carbonyl (C=O) groups excluding carboxylic acids is 2. The number of cyclic esters (lactones) is 1. The van der Waals surface area contributed by atoms with E-state index in [0.29, 0.717) is 12.5 Å². The molecule has 1 saturated heterocycles. The Hall–Kier alpha value is -2.39. The second-order valence-electron chi connectivity index (χ2n) is 9.65. The fourth-order valence-corrected chi connectivity index (χ4v) is 4.57. The van der Waals surface area contributed by atoms with Crippen LogP contribution in [0.3, 0.4) is 0 Å². The molecular formula is C25H38N2O7. The lowest BCUT2D eigenvalue weighted by atomic mass is 9.91. The molecule has 1 amide bonds. The molecule has 0 unspecified atom stereocenters. The van der Waals surface area contributed by atoms with E-state index in [2.05, 4.69) is 24.1 Å². The van der Waals surface area contributed by atoms with Gasteiger partial charge in [0.1, 0.15) is 6.10 Å². The third-order valence-electron chi connectivity index (χ3n) is 6.52. The molecule has 1 aromatic rings. The molecule has 190 valence electrons. The molecule has 1 saturated carbocycles. The maximum atomic E-state index is 13.0. The highest BCUT2D eigenvalue weighted by Gasteiger charge is 2.37. The van der Waals surface area contributed by atoms with Gasteiger partial charge in [-0.2, -0.15) is 0 Å². The Balaban J connectivity index is 1.73. The first kappa shape index (κ1) is 26.2. The summed E-state index contributed by atoms with van der Waals surface area (Å²) in [5.74, 6) is -0.997. The first-order chi connectivity index (χ1) is 16.3. The molecule has 34 heavy (non-hydrogen) atoms. The number of esters is 1. The standard InChI is InChI=1S/C25H38N2O7/c1-15(2)9-10-17-13-32-14-19(27-24(29)21-22(28)20(31-4)11-12-26-21)25(30)33-16(3)23(17)34-18-7-5-6-8-18/h11-12,15-19,23,28H,5-10,13-14H2,1-4H3,(H,27,29)/t16-,17-,19-,23-/m0/s1. The highest BCUT2D eigenvalue weighted by Crippen LogP contribution is 2.30. The number of amides is 1. The van der Waals surface area contributed by atoms with Gasteiger partial charge in [0, 0.05) is 18.2 Å². The minimum Gasteiger partial charge on any atom is -0.503 e. The lowest BCUT2D eigenvalue weighted by molar-refractivity contribution is -0.164. The molecule has 0 bridgehead atoms. The van der Waals surface area contributed by atoms with Crippen LogP contribution in [0.1, 0.15) is 69.8 Å². The third kappa shape index (κ3) is 6.82. The summed E-state index contributed by atoms with van der Waals surface area (Å²) in [6.45, 7) is 6.57. The van der Waals surface area contributed by atoms with E-state index in [4.69, 9.17) is 18.9 Å². The highest BCUT2D eigenvalue weighted by molar-refractivity contribution is 5.98. The van der Waals surface area contributed by atoms with Crippen molar-refractivity contribution in [2.24, 2.45) is 11.8 Å². The number of nitrogens with zero attached hydrogens (tertiary/aromatic N) is 1. The molecule has 0 aromatic carbocycles. The van der Waals surface area contributed by atoms with Crippen molar-refractivity contribution in [1.82, 2.24) is 10.3 Å². The van der Waals surface area contributed by atoms with Crippen molar-refractivity contribution in [3.8, 4) is 11.5 Å². The summed E-state index contributed by atoms with van der Waals surface area (Å²) < 4.78 is 23.2. The normalized spacial score (nSPS) is 26.4. The summed E-state index contributed by atoms with van der Waals surface area (Å²) in [6.07, 6.45) is 7.00. The SMILES string of the molecule is COc1ccnc(C(=O)N[C@H]2COC[C@H](CCC(C)C)[C@@H](OC3CCCC3)[C@H](C)OC2=O)c1O. The van der Waals surface area contributed by atoms with Gasteiger partial charge in [-0.25, -0.2) is 9.78 Å². The molecule has 1 aliphatic carbocycles. The van der Waals surface area contributed by atoms with Gasteiger partial charge in [0.15, 0.2) is 23.2 Å². The van der Waals surface area contributed by atoms with Crippen molar-refractivity contribution in [2.75, 3.05) is 20.3 Å². The zero-order chi connectivity index (χ0) is 24.7. The molecule has 4 atom stereocenters. The molecule has 2 N–H and O–H groups in total. The Bertz CT molecular complexity index is 825. The molecule has 0 radical (unpaired) electrons. The Morgan fingerprint density at radius 2 is 2.03 bits per heavy atom. The number of hydrogen-bond donors (Lipinski definition) is 2. The number of aromatic hydroxyl groups is 1. The number of aromatic nitrogens is 1. The van der Waals surface area contributed by atoms with Crippen LogP contribution in [-0.4, -0.2) is 66.6 Å². The smallest absolute Gasteiger partial charge is 0.331 e. The summed E-state index contributed by atoms with van der Waals surface area (Å²) in [6, 6.07) is 0.394. The van der Waals surface area contributed by atoms with Crippen LogP contribution in [0, 0.1) is 11.8 Å². The molecule has 1 aliphatic heterocycles. The predicted octanol–water partition coefficient (Wildman–Crippen LogP) is 3.24. The van der Waals surface area contributed by atoms with Gasteiger partial charge in [-0.05, 0) is 32.1 Å². The monoisotopic (exact) mass is 478 g/mol. The van der Waals surface area contributed by atoms with Gasteiger partial charge in [-0.15, -0.1) is 0 Å². The van der Waals surface area contributed by atoms with E-state index in [1.165, 1.54) is 19.4 Å². The van der Waals surface area contributed by atoms with Gasteiger partial charge in [0.25, 0.3) is 5.91 Å². The average molecular weight is 479 g/mol. The van der Waals surface area contributed by atoms with E-state index in [-0.39, 0.29) is 36.2 Å². The quantitative estimate of drug-likeness (QED) is 0.547. The van der Waals surface area contributed by atoms with Gasteiger partial charge in [-0.1, -0.05) is 33.1 Å². The zero-order valence-electron chi connectivity index (χ0n) is 20.6. The molecule has 3 rings (SSSR count). The van der Waals surface area contributed by atoms with Crippen molar-refractivity contribution in [2.45, 2.75) is 83.6 Å². The fraction of sp³-hybridized carbons (Fsp3) is 0.720. The van der Waals surface area contributed by atoms with Gasteiger partial charge in [-0.3, -0.25) is 4.79 Å². The van der Waals surface area contributed by atoms with E-state index in [1.807, 2.05) is 6.92 Å². The van der Waals surface area contributed by atoms with Crippen LogP contribution in [-0.2, 0) is 19.0 Å². The van der Waals surface area contributed by atoms with E-state index in [1.54, 1.807) is 0 Å². The first-order valence-corrected chi connectivity index (χ1v) is 12.3. The van der Waals surface area contributed by atoms with Crippen molar-refractivity contribution < 1.29 is 33.6 Å². The summed E-state index contributed by atoms with van der Waals surface area (Å²) in [7, 11) is 1.38. The lowest BCUT2D eigenvalue weighted by Gasteiger charge is -2.33. The molecule has 2 heterocycles. The third-order valence-corrected chi connectivity index (χ3v) is 6.52. The van der Waals surface area contributed by atoms with Crippen LogP contribution in [0.25, 0.3) is 0 Å². The van der Waals surface area contributed by atoms with Gasteiger partial charge in [0.2, 0.25) is 0 Å². The van der Waals surface area contributed by atoms with Crippen molar-refractivity contribution >= 4 is 11.9 Å². The van der Waals surface area contributed by atoms with Crippen molar-refractivity contribution in [3.05, 3.63) is 18.0 Å². The maximum absolute atomic E-state index is 13.0. The Kier molecular flexibility index (Phi) is 9.53. The van der Waals surface area contributed by atoms with E-state index in [0.717, 1.165) is 38.5 Å². The van der Waals surface area contributed by atoms with E-state index < -0.39 is 29.8 Å². The van der Waals surface area contributed by atoms with E-state index >= 15 is 0 Å². The number of nitrogens with one attached hydrogen (secondary N) is 1. The van der Waals surface area contributed by atoms with Crippen LogP contribution in [0.5, 0.6) is 11.5 Å². The topological polar surface area (TPSA) is 116 Å². The second-order valence-corrected chi connectivity index (χ2v) is 9.65. The average Bonchev–Trinajstić information content (AvgIpc) is 3.32. The lowest BCUT2D eigenvalue weighted by Crippen LogP contribution is -2.46. The molecule has 1 aromatic heterocycles. The minimum atomic E-state index is -1.04. The molecule has 2 fully saturated rings. The molecule has 9 heteroatoms. The van der Waals surface area contributed by atoms with Gasteiger partial charge >= 0.3 is 5.97 Å². The highest BCUT2D eigenvalue weighted by atomic mass is 16.6. The van der Waals surface area contributed by atoms with Crippen LogP contribution in [0.15, 0.2) is 12.3 Å². The second kappa shape index (κ2) is 12.4. The summed E-state index contributed by atoms with van der Waals surface area (Å²) in [4.78, 5) is 29.7. The van der Waals surface area contributed by atoms with Crippen LogP contribution in [0.2, 0.25) is 0 Å².